The van der Waals surface area contributed by atoms with Gasteiger partial charge in [-0.15, -0.1) is 11.3 Å². The van der Waals surface area contributed by atoms with Crippen LogP contribution in [0.2, 0.25) is 0 Å². The van der Waals surface area contributed by atoms with Gasteiger partial charge < -0.3 is 14.6 Å². The zero-order valence-electron chi connectivity index (χ0n) is 16.6. The molecule has 0 amide bonds. The fourth-order valence-electron chi connectivity index (χ4n) is 3.33. The van der Waals surface area contributed by atoms with E-state index in [1.54, 1.807) is 25.3 Å². The third-order valence-electron chi connectivity index (χ3n) is 4.89. The summed E-state index contributed by atoms with van der Waals surface area (Å²) in [5, 5.41) is 9.76. The molecule has 5 heteroatoms. The minimum atomic E-state index is -0.592. The molecule has 152 valence electrons. The Morgan fingerprint density at radius 2 is 2.00 bits per heavy atom. The van der Waals surface area contributed by atoms with Gasteiger partial charge >= 0.3 is 0 Å². The van der Waals surface area contributed by atoms with Crippen molar-refractivity contribution >= 4 is 17.1 Å². The molecular weight excluding hydrogens is 396 g/mol. The molecule has 3 aromatic rings. The molecular formula is C25H22O4S. The van der Waals surface area contributed by atoms with Crippen LogP contribution in [0.4, 0.5) is 0 Å². The lowest BCUT2D eigenvalue weighted by Crippen LogP contribution is -2.12. The molecule has 0 saturated heterocycles. The lowest BCUT2D eigenvalue weighted by atomic mass is 9.98. The van der Waals surface area contributed by atoms with Gasteiger partial charge in [-0.2, -0.15) is 0 Å². The third-order valence-corrected chi connectivity index (χ3v) is 6.02. The van der Waals surface area contributed by atoms with Gasteiger partial charge in [0.25, 0.3) is 0 Å². The van der Waals surface area contributed by atoms with Crippen LogP contribution in [0, 0.1) is 0 Å². The fourth-order valence-corrected chi connectivity index (χ4v) is 4.30. The average Bonchev–Trinajstić information content (AvgIpc) is 3.28. The number of Topliss-reactive ketones (excluding diaryl/α,β-unsaturated/α-hetero) is 1. The van der Waals surface area contributed by atoms with Crippen LogP contribution in [0.25, 0.3) is 10.4 Å². The molecule has 0 fully saturated rings. The highest BCUT2D eigenvalue weighted by molar-refractivity contribution is 7.17. The summed E-state index contributed by atoms with van der Waals surface area (Å²) in [7, 11) is 1.65. The van der Waals surface area contributed by atoms with Crippen molar-refractivity contribution in [3.8, 4) is 21.9 Å². The molecule has 1 heterocycles. The maximum absolute atomic E-state index is 12.7. The second kappa shape index (κ2) is 9.11. The Balaban J connectivity index is 1.48. The monoisotopic (exact) mass is 418 g/mol. The zero-order chi connectivity index (χ0) is 20.9. The van der Waals surface area contributed by atoms with Crippen LogP contribution in [0.15, 0.2) is 84.5 Å². The maximum atomic E-state index is 12.7. The van der Waals surface area contributed by atoms with E-state index in [2.05, 4.69) is 0 Å². The number of carbonyl (C=O) groups excluding carboxylic acids is 1. The standard InChI is InChI=1S/C25H22O4S/c1-28-22-11-3-2-6-19(22)16-29-21-10-5-7-17(15-21)23-12-13-24(30-23)25(27)18-8-4-9-20(26)14-18/h2-13,15,20,26H,14,16H2,1H3. The predicted octanol–water partition coefficient (Wildman–Crippen LogP) is 5.43. The molecule has 1 atom stereocenters. The number of benzene rings is 2. The van der Waals surface area contributed by atoms with Crippen LogP contribution in [0.3, 0.4) is 0 Å². The normalized spacial score (nSPS) is 15.5. The molecule has 0 radical (unpaired) electrons. The molecule has 1 aliphatic carbocycles. The van der Waals surface area contributed by atoms with Gasteiger partial charge in [-0.25, -0.2) is 0 Å². The molecule has 4 nitrogen and oxygen atoms in total. The van der Waals surface area contributed by atoms with Crippen LogP contribution in [0.1, 0.15) is 21.7 Å². The van der Waals surface area contributed by atoms with Crippen molar-refractivity contribution in [2.24, 2.45) is 0 Å². The van der Waals surface area contributed by atoms with Crippen molar-refractivity contribution < 1.29 is 19.4 Å². The Morgan fingerprint density at radius 1 is 1.13 bits per heavy atom. The van der Waals surface area contributed by atoms with Crippen molar-refractivity contribution in [1.82, 2.24) is 0 Å². The molecule has 0 saturated carbocycles. The van der Waals surface area contributed by atoms with Gasteiger partial charge in [-0.05, 0) is 35.9 Å². The van der Waals surface area contributed by atoms with Crippen LogP contribution >= 0.6 is 11.3 Å². The largest absolute Gasteiger partial charge is 0.496 e. The first-order valence-corrected chi connectivity index (χ1v) is 10.5. The van der Waals surface area contributed by atoms with Crippen molar-refractivity contribution in [3.05, 3.63) is 94.9 Å². The van der Waals surface area contributed by atoms with Crippen LogP contribution in [-0.2, 0) is 6.61 Å². The molecule has 1 aliphatic rings. The summed E-state index contributed by atoms with van der Waals surface area (Å²) in [5.74, 6) is 1.52. The first-order chi connectivity index (χ1) is 14.6. The van der Waals surface area contributed by atoms with E-state index < -0.39 is 6.10 Å². The van der Waals surface area contributed by atoms with Crippen LogP contribution in [-0.4, -0.2) is 24.1 Å². The second-order valence-electron chi connectivity index (χ2n) is 6.97. The third kappa shape index (κ3) is 4.53. The minimum Gasteiger partial charge on any atom is -0.496 e. The number of methoxy groups -OCH3 is 1. The number of hydrogen-bond acceptors (Lipinski definition) is 5. The number of rotatable bonds is 7. The van der Waals surface area contributed by atoms with E-state index >= 15 is 0 Å². The van der Waals surface area contributed by atoms with Gasteiger partial charge in [0.15, 0.2) is 5.78 Å². The number of para-hydroxylation sites is 1. The van der Waals surface area contributed by atoms with Gasteiger partial charge in [0.2, 0.25) is 0 Å². The highest BCUT2D eigenvalue weighted by Crippen LogP contribution is 2.32. The SMILES string of the molecule is COc1ccccc1COc1cccc(-c2ccc(C(=O)C3=CC=CC(O)C3)s2)c1. The number of ketones is 1. The Morgan fingerprint density at radius 3 is 2.83 bits per heavy atom. The summed E-state index contributed by atoms with van der Waals surface area (Å²) in [6.07, 6.45) is 4.96. The number of hydrogen-bond donors (Lipinski definition) is 1. The summed E-state index contributed by atoms with van der Waals surface area (Å²) in [5.41, 5.74) is 2.60. The van der Waals surface area contributed by atoms with Crippen molar-refractivity contribution in [3.63, 3.8) is 0 Å². The molecule has 0 spiro atoms. The molecule has 4 rings (SSSR count). The van der Waals surface area contributed by atoms with Gasteiger partial charge in [-0.3, -0.25) is 4.79 Å². The Kier molecular flexibility index (Phi) is 6.12. The first kappa shape index (κ1) is 20.1. The van der Waals surface area contributed by atoms with E-state index in [0.29, 0.717) is 23.5 Å². The molecule has 0 bridgehead atoms. The van der Waals surface area contributed by atoms with Crippen molar-refractivity contribution in [2.75, 3.05) is 7.11 Å². The maximum Gasteiger partial charge on any atom is 0.199 e. The van der Waals surface area contributed by atoms with E-state index in [1.807, 2.05) is 60.7 Å². The summed E-state index contributed by atoms with van der Waals surface area (Å²) in [4.78, 5) is 14.4. The van der Waals surface area contributed by atoms with Gasteiger partial charge in [0.05, 0.1) is 18.1 Å². The molecule has 1 N–H and O–H groups in total. The Bertz CT molecular complexity index is 1110. The number of thiophene rings is 1. The van der Waals surface area contributed by atoms with E-state index in [-0.39, 0.29) is 5.78 Å². The zero-order valence-corrected chi connectivity index (χ0v) is 17.4. The first-order valence-electron chi connectivity index (χ1n) is 9.69. The smallest absolute Gasteiger partial charge is 0.199 e. The van der Waals surface area contributed by atoms with Crippen LogP contribution in [0.5, 0.6) is 11.5 Å². The van der Waals surface area contributed by atoms with E-state index in [1.165, 1.54) is 11.3 Å². The van der Waals surface area contributed by atoms with E-state index in [4.69, 9.17) is 9.47 Å². The van der Waals surface area contributed by atoms with Gasteiger partial charge in [-0.1, -0.05) is 48.6 Å². The fraction of sp³-hybridized carbons (Fsp3) is 0.160. The quantitative estimate of drug-likeness (QED) is 0.520. The van der Waals surface area contributed by atoms with Crippen molar-refractivity contribution in [2.45, 2.75) is 19.1 Å². The lowest BCUT2D eigenvalue weighted by molar-refractivity contribution is 0.102. The van der Waals surface area contributed by atoms with E-state index in [9.17, 15) is 9.90 Å². The predicted molar refractivity (Wildman–Crippen MR) is 119 cm³/mol. The highest BCUT2D eigenvalue weighted by atomic mass is 32.1. The number of aliphatic hydroxyl groups is 1. The number of aliphatic hydroxyl groups excluding tert-OH is 1. The molecule has 0 aliphatic heterocycles. The molecule has 1 unspecified atom stereocenters. The number of carbonyl (C=O) groups is 1. The molecule has 30 heavy (non-hydrogen) atoms. The Hall–Kier alpha value is -3.15. The highest BCUT2D eigenvalue weighted by Gasteiger charge is 2.19. The lowest BCUT2D eigenvalue weighted by Gasteiger charge is -2.11. The Labute approximate surface area is 179 Å². The summed E-state index contributed by atoms with van der Waals surface area (Å²) >= 11 is 1.45. The average molecular weight is 419 g/mol. The second-order valence-corrected chi connectivity index (χ2v) is 8.05. The summed E-state index contributed by atoms with van der Waals surface area (Å²) in [6, 6.07) is 19.4. The minimum absolute atomic E-state index is 0.0294. The topological polar surface area (TPSA) is 55.8 Å². The summed E-state index contributed by atoms with van der Waals surface area (Å²) in [6.45, 7) is 0.408. The number of allylic oxidation sites excluding steroid dienone is 2. The van der Waals surface area contributed by atoms with Crippen molar-refractivity contribution in [1.29, 1.82) is 0 Å². The van der Waals surface area contributed by atoms with Crippen LogP contribution < -0.4 is 9.47 Å². The number of ether oxygens (including phenoxy) is 2. The van der Waals surface area contributed by atoms with Gasteiger partial charge in [0, 0.05) is 22.4 Å². The molecule has 2 aromatic carbocycles. The molecule has 1 aromatic heterocycles. The van der Waals surface area contributed by atoms with Gasteiger partial charge in [0.1, 0.15) is 18.1 Å². The van der Waals surface area contributed by atoms with E-state index in [0.717, 1.165) is 27.5 Å². The summed E-state index contributed by atoms with van der Waals surface area (Å²) < 4.78 is 11.3.